The normalized spacial score (nSPS) is 13.8. The Labute approximate surface area is 107 Å². The number of unbranched alkanes of at least 4 members (excludes halogenated alkanes) is 6. The van der Waals surface area contributed by atoms with Gasteiger partial charge in [-0.25, -0.2) is 8.42 Å². The molecule has 0 saturated carbocycles. The average Bonchev–Trinajstić information content (AvgIpc) is 2.27. The minimum absolute atomic E-state index is 0.152. The number of sulfone groups is 1. The topological polar surface area (TPSA) is 60.2 Å². The van der Waals surface area contributed by atoms with Gasteiger partial charge in [0.2, 0.25) is 0 Å². The molecule has 0 aromatic carbocycles. The highest BCUT2D eigenvalue weighted by atomic mass is 32.2. The molecule has 17 heavy (non-hydrogen) atoms. The molecule has 3 nitrogen and oxygen atoms in total. The van der Waals surface area contributed by atoms with E-state index >= 15 is 0 Å². The van der Waals surface area contributed by atoms with E-state index in [0.29, 0.717) is 5.75 Å². The van der Waals surface area contributed by atoms with Crippen molar-refractivity contribution in [2.45, 2.75) is 71.3 Å². The van der Waals surface area contributed by atoms with Gasteiger partial charge in [0.25, 0.3) is 0 Å². The first-order valence-electron chi connectivity index (χ1n) is 6.97. The molecule has 0 saturated heterocycles. The molecule has 104 valence electrons. The van der Waals surface area contributed by atoms with Crippen LogP contribution in [-0.2, 0) is 9.84 Å². The molecule has 0 aromatic heterocycles. The van der Waals surface area contributed by atoms with Gasteiger partial charge in [0.15, 0.2) is 9.84 Å². The van der Waals surface area contributed by atoms with Crippen LogP contribution in [-0.4, -0.2) is 26.0 Å². The standard InChI is InChI=1S/C13H29NO2S/c1-3-5-6-7-8-9-10-11-17(15,16)12-13(14)4-2/h13H,3-12,14H2,1-2H3. The van der Waals surface area contributed by atoms with Crippen LogP contribution in [0.1, 0.15) is 65.2 Å². The van der Waals surface area contributed by atoms with Crippen molar-refractivity contribution in [1.82, 2.24) is 0 Å². The van der Waals surface area contributed by atoms with Crippen LogP contribution in [0.4, 0.5) is 0 Å². The Balaban J connectivity index is 3.53. The minimum Gasteiger partial charge on any atom is -0.327 e. The van der Waals surface area contributed by atoms with Crippen LogP contribution in [0.5, 0.6) is 0 Å². The number of rotatable bonds is 11. The molecule has 0 aliphatic rings. The van der Waals surface area contributed by atoms with Gasteiger partial charge in [-0.3, -0.25) is 0 Å². The summed E-state index contributed by atoms with van der Waals surface area (Å²) in [5.41, 5.74) is 5.67. The van der Waals surface area contributed by atoms with Crippen LogP contribution >= 0.6 is 0 Å². The molecular weight excluding hydrogens is 234 g/mol. The maximum Gasteiger partial charge on any atom is 0.151 e. The summed E-state index contributed by atoms with van der Waals surface area (Å²) in [6, 6.07) is -0.190. The van der Waals surface area contributed by atoms with Crippen molar-refractivity contribution in [3.05, 3.63) is 0 Å². The third-order valence-electron chi connectivity index (χ3n) is 3.05. The molecule has 0 bridgehead atoms. The van der Waals surface area contributed by atoms with Gasteiger partial charge in [-0.1, -0.05) is 52.4 Å². The molecule has 1 unspecified atom stereocenters. The Kier molecular flexibility index (Phi) is 9.84. The van der Waals surface area contributed by atoms with Crippen molar-refractivity contribution in [2.24, 2.45) is 5.73 Å². The van der Waals surface area contributed by atoms with Crippen molar-refractivity contribution < 1.29 is 8.42 Å². The average molecular weight is 263 g/mol. The molecule has 0 rings (SSSR count). The first-order chi connectivity index (χ1) is 8.02. The molecule has 1 atom stereocenters. The summed E-state index contributed by atoms with van der Waals surface area (Å²) < 4.78 is 23.3. The van der Waals surface area contributed by atoms with Crippen molar-refractivity contribution in [3.63, 3.8) is 0 Å². The fourth-order valence-corrected chi connectivity index (χ4v) is 3.51. The van der Waals surface area contributed by atoms with Crippen LogP contribution in [0.15, 0.2) is 0 Å². The highest BCUT2D eigenvalue weighted by Crippen LogP contribution is 2.08. The van der Waals surface area contributed by atoms with Crippen molar-refractivity contribution in [1.29, 1.82) is 0 Å². The third kappa shape index (κ3) is 10.8. The Morgan fingerprint density at radius 1 is 0.941 bits per heavy atom. The summed E-state index contributed by atoms with van der Waals surface area (Å²) in [6.07, 6.45) is 8.79. The molecule has 2 N–H and O–H groups in total. The van der Waals surface area contributed by atoms with Gasteiger partial charge < -0.3 is 5.73 Å². The largest absolute Gasteiger partial charge is 0.327 e. The Hall–Kier alpha value is -0.0900. The smallest absolute Gasteiger partial charge is 0.151 e. The van der Waals surface area contributed by atoms with Crippen LogP contribution < -0.4 is 5.73 Å². The summed E-state index contributed by atoms with van der Waals surface area (Å²) in [7, 11) is -2.92. The predicted molar refractivity (Wildman–Crippen MR) is 74.9 cm³/mol. The summed E-state index contributed by atoms with van der Waals surface area (Å²) in [6.45, 7) is 4.12. The van der Waals surface area contributed by atoms with Gasteiger partial charge in [-0.15, -0.1) is 0 Å². The van der Waals surface area contributed by atoms with E-state index in [9.17, 15) is 8.42 Å². The van der Waals surface area contributed by atoms with Gasteiger partial charge in [0, 0.05) is 6.04 Å². The highest BCUT2D eigenvalue weighted by Gasteiger charge is 2.14. The van der Waals surface area contributed by atoms with Gasteiger partial charge >= 0.3 is 0 Å². The molecule has 0 aliphatic heterocycles. The minimum atomic E-state index is -2.92. The molecular formula is C13H29NO2S. The summed E-state index contributed by atoms with van der Waals surface area (Å²) in [5, 5.41) is 0. The van der Waals surface area contributed by atoms with Crippen LogP contribution in [0.2, 0.25) is 0 Å². The Bertz CT molecular complexity index is 263. The second-order valence-corrected chi connectivity index (χ2v) is 7.13. The number of nitrogens with two attached hydrogens (primary N) is 1. The lowest BCUT2D eigenvalue weighted by Gasteiger charge is -2.09. The zero-order valence-corrected chi connectivity index (χ0v) is 12.3. The van der Waals surface area contributed by atoms with Crippen molar-refractivity contribution >= 4 is 9.84 Å². The predicted octanol–water partition coefficient (Wildman–Crippen LogP) is 2.89. The SMILES string of the molecule is CCCCCCCCCS(=O)(=O)CC(N)CC. The molecule has 0 heterocycles. The fraction of sp³-hybridized carbons (Fsp3) is 1.00. The summed E-state index contributed by atoms with van der Waals surface area (Å²) >= 11 is 0. The van der Waals surface area contributed by atoms with E-state index < -0.39 is 9.84 Å². The first-order valence-corrected chi connectivity index (χ1v) is 8.80. The lowest BCUT2D eigenvalue weighted by molar-refractivity contribution is 0.571. The molecule has 0 spiro atoms. The zero-order valence-electron chi connectivity index (χ0n) is 11.5. The lowest BCUT2D eigenvalue weighted by Crippen LogP contribution is -2.30. The first kappa shape index (κ1) is 16.9. The van der Waals surface area contributed by atoms with E-state index in [0.717, 1.165) is 25.7 Å². The summed E-state index contributed by atoms with van der Waals surface area (Å²) in [5.74, 6) is 0.466. The molecule has 0 amide bonds. The summed E-state index contributed by atoms with van der Waals surface area (Å²) in [4.78, 5) is 0. The van der Waals surface area contributed by atoms with E-state index in [1.165, 1.54) is 25.7 Å². The second kappa shape index (κ2) is 9.89. The van der Waals surface area contributed by atoms with Gasteiger partial charge in [-0.2, -0.15) is 0 Å². The highest BCUT2D eigenvalue weighted by molar-refractivity contribution is 7.91. The molecule has 4 heteroatoms. The second-order valence-electron chi connectivity index (χ2n) is 4.90. The van der Waals surface area contributed by atoms with E-state index in [2.05, 4.69) is 6.92 Å². The van der Waals surface area contributed by atoms with Crippen LogP contribution in [0.3, 0.4) is 0 Å². The maximum absolute atomic E-state index is 11.7. The maximum atomic E-state index is 11.7. The monoisotopic (exact) mass is 263 g/mol. The van der Waals surface area contributed by atoms with Crippen molar-refractivity contribution in [3.8, 4) is 0 Å². The van der Waals surface area contributed by atoms with E-state index in [-0.39, 0.29) is 11.8 Å². The van der Waals surface area contributed by atoms with E-state index in [1.54, 1.807) is 0 Å². The van der Waals surface area contributed by atoms with Crippen molar-refractivity contribution in [2.75, 3.05) is 11.5 Å². The lowest BCUT2D eigenvalue weighted by atomic mass is 10.1. The van der Waals surface area contributed by atoms with Gasteiger partial charge in [0.1, 0.15) is 0 Å². The Morgan fingerprint density at radius 3 is 2.00 bits per heavy atom. The van der Waals surface area contributed by atoms with Crippen LogP contribution in [0.25, 0.3) is 0 Å². The fourth-order valence-electron chi connectivity index (χ4n) is 1.81. The number of hydrogen-bond acceptors (Lipinski definition) is 3. The quantitative estimate of drug-likeness (QED) is 0.583. The van der Waals surface area contributed by atoms with Crippen LogP contribution in [0, 0.1) is 0 Å². The molecule has 0 fully saturated rings. The molecule has 0 aromatic rings. The third-order valence-corrected chi connectivity index (χ3v) is 4.90. The molecule has 0 radical (unpaired) electrons. The number of hydrogen-bond donors (Lipinski definition) is 1. The van der Waals surface area contributed by atoms with E-state index in [4.69, 9.17) is 5.73 Å². The molecule has 0 aliphatic carbocycles. The van der Waals surface area contributed by atoms with Gasteiger partial charge in [-0.05, 0) is 12.8 Å². The van der Waals surface area contributed by atoms with E-state index in [1.807, 2.05) is 6.92 Å². The zero-order chi connectivity index (χ0) is 13.1. The van der Waals surface area contributed by atoms with Gasteiger partial charge in [0.05, 0.1) is 11.5 Å². The Morgan fingerprint density at radius 2 is 1.47 bits per heavy atom.